The smallest absolute Gasteiger partial charge is 0.260 e. The van der Waals surface area contributed by atoms with Crippen LogP contribution >= 0.6 is 34.4 Å². The molecule has 0 fully saturated rings. The molecule has 0 aromatic carbocycles. The minimum absolute atomic E-state index is 0.0827. The molecule has 1 amide bonds. The Morgan fingerprint density at radius 2 is 2.17 bits per heavy atom. The number of thiophene rings is 2. The van der Waals surface area contributed by atoms with Crippen molar-refractivity contribution in [2.75, 3.05) is 5.75 Å². The van der Waals surface area contributed by atoms with Gasteiger partial charge in [-0.25, -0.2) is 4.98 Å². The van der Waals surface area contributed by atoms with E-state index in [2.05, 4.69) is 15.3 Å². The zero-order chi connectivity index (χ0) is 17.3. The summed E-state index contributed by atoms with van der Waals surface area (Å²) in [6, 6.07) is 3.95. The van der Waals surface area contributed by atoms with Crippen molar-refractivity contribution in [3.05, 3.63) is 33.2 Å². The molecule has 0 bridgehead atoms. The molecule has 0 aliphatic heterocycles. The number of H-pyrrole nitrogens is 1. The van der Waals surface area contributed by atoms with E-state index >= 15 is 0 Å². The van der Waals surface area contributed by atoms with Crippen LogP contribution in [-0.2, 0) is 4.79 Å². The van der Waals surface area contributed by atoms with Gasteiger partial charge in [0, 0.05) is 21.4 Å². The van der Waals surface area contributed by atoms with Crippen molar-refractivity contribution in [1.29, 1.82) is 0 Å². The third kappa shape index (κ3) is 3.88. The molecule has 0 radical (unpaired) electrons. The number of nitrogens with one attached hydrogen (secondary N) is 2. The number of carbonyl (C=O) groups excluding carboxylic acids is 1. The number of fused-ring (bicyclic) bond motifs is 1. The first-order valence-electron chi connectivity index (χ1n) is 7.33. The minimum Gasteiger partial charge on any atom is -0.351 e. The molecule has 0 unspecified atom stereocenters. The summed E-state index contributed by atoms with van der Waals surface area (Å²) in [6.45, 7) is 5.79. The molecule has 0 aliphatic rings. The Kier molecular flexibility index (Phi) is 4.80. The molecule has 3 heterocycles. The van der Waals surface area contributed by atoms with Crippen LogP contribution in [0.5, 0.6) is 0 Å². The Hall–Kier alpha value is -1.64. The second-order valence-electron chi connectivity index (χ2n) is 6.26. The summed E-state index contributed by atoms with van der Waals surface area (Å²) >= 11 is 4.28. The van der Waals surface area contributed by atoms with Crippen LogP contribution in [0.15, 0.2) is 32.8 Å². The third-order valence-electron chi connectivity index (χ3n) is 3.06. The van der Waals surface area contributed by atoms with E-state index in [1.807, 2.05) is 43.7 Å². The molecule has 0 aliphatic carbocycles. The number of hydrogen-bond acceptors (Lipinski definition) is 6. The summed E-state index contributed by atoms with van der Waals surface area (Å²) in [5.74, 6) is 0.134. The Morgan fingerprint density at radius 3 is 2.83 bits per heavy atom. The largest absolute Gasteiger partial charge is 0.351 e. The molecule has 0 spiro atoms. The molecule has 24 heavy (non-hydrogen) atoms. The number of hydrogen-bond donors (Lipinski definition) is 2. The zero-order valence-electron chi connectivity index (χ0n) is 13.5. The molecule has 0 saturated heterocycles. The average molecular weight is 380 g/mol. The van der Waals surface area contributed by atoms with Gasteiger partial charge in [-0.1, -0.05) is 17.8 Å². The van der Waals surface area contributed by atoms with E-state index in [4.69, 9.17) is 0 Å². The molecular formula is C16H17N3O2S3. The Balaban J connectivity index is 1.82. The van der Waals surface area contributed by atoms with E-state index in [0.29, 0.717) is 15.4 Å². The number of aromatic nitrogens is 2. The monoisotopic (exact) mass is 379 g/mol. The molecule has 3 rings (SSSR count). The quantitative estimate of drug-likeness (QED) is 0.535. The molecule has 5 nitrogen and oxygen atoms in total. The van der Waals surface area contributed by atoms with Crippen LogP contribution in [0.25, 0.3) is 20.7 Å². The van der Waals surface area contributed by atoms with Gasteiger partial charge in [0.15, 0.2) is 5.16 Å². The van der Waals surface area contributed by atoms with E-state index in [-0.39, 0.29) is 22.8 Å². The number of aromatic amines is 1. The third-order valence-corrected chi connectivity index (χ3v) is 5.71. The summed E-state index contributed by atoms with van der Waals surface area (Å²) < 4.78 is 0. The fraction of sp³-hybridized carbons (Fsp3) is 0.312. The van der Waals surface area contributed by atoms with Gasteiger partial charge in [0.1, 0.15) is 4.83 Å². The first kappa shape index (κ1) is 17.2. The van der Waals surface area contributed by atoms with E-state index in [9.17, 15) is 9.59 Å². The lowest BCUT2D eigenvalue weighted by Crippen LogP contribution is -2.41. The summed E-state index contributed by atoms with van der Waals surface area (Å²) in [6.07, 6.45) is 0. The lowest BCUT2D eigenvalue weighted by molar-refractivity contribution is -0.119. The highest BCUT2D eigenvalue weighted by Gasteiger charge is 2.16. The Morgan fingerprint density at radius 1 is 1.38 bits per heavy atom. The highest BCUT2D eigenvalue weighted by molar-refractivity contribution is 7.99. The Bertz CT molecular complexity index is 920. The van der Waals surface area contributed by atoms with Gasteiger partial charge < -0.3 is 10.3 Å². The van der Waals surface area contributed by atoms with Gasteiger partial charge in [-0.2, -0.15) is 0 Å². The first-order valence-corrected chi connectivity index (χ1v) is 10.1. The SMILES string of the molecule is CC(C)(C)NC(=O)CSc1nc2scc(-c3cccs3)c2c(=O)[nH]1. The standard InChI is InChI=1S/C16H17N3O2S3/c1-16(2,3)19-11(20)8-24-15-17-13(21)12-9(7-23-14(12)18-15)10-5-4-6-22-10/h4-7H,8H2,1-3H3,(H,19,20)(H,17,18,21). The molecule has 126 valence electrons. The lowest BCUT2D eigenvalue weighted by atomic mass is 10.1. The zero-order valence-corrected chi connectivity index (χ0v) is 16.0. The van der Waals surface area contributed by atoms with Crippen LogP contribution in [0.2, 0.25) is 0 Å². The maximum atomic E-state index is 12.5. The normalized spacial score (nSPS) is 11.8. The van der Waals surface area contributed by atoms with Crippen molar-refractivity contribution in [3.63, 3.8) is 0 Å². The second kappa shape index (κ2) is 6.70. The van der Waals surface area contributed by atoms with Crippen molar-refractivity contribution >= 4 is 50.6 Å². The highest BCUT2D eigenvalue weighted by atomic mass is 32.2. The molecule has 3 aromatic rings. The van der Waals surface area contributed by atoms with Crippen molar-refractivity contribution in [3.8, 4) is 10.4 Å². The minimum atomic E-state index is -0.272. The molecular weight excluding hydrogens is 362 g/mol. The van der Waals surface area contributed by atoms with Crippen molar-refractivity contribution in [1.82, 2.24) is 15.3 Å². The van der Waals surface area contributed by atoms with E-state index in [1.165, 1.54) is 23.1 Å². The number of rotatable bonds is 4. The van der Waals surface area contributed by atoms with Gasteiger partial charge >= 0.3 is 0 Å². The van der Waals surface area contributed by atoms with Crippen molar-refractivity contribution in [2.45, 2.75) is 31.5 Å². The van der Waals surface area contributed by atoms with E-state index in [1.54, 1.807) is 11.3 Å². The number of carbonyl (C=O) groups is 1. The topological polar surface area (TPSA) is 74.8 Å². The van der Waals surface area contributed by atoms with Crippen LogP contribution in [-0.4, -0.2) is 27.2 Å². The first-order chi connectivity index (χ1) is 11.3. The summed E-state index contributed by atoms with van der Waals surface area (Å²) in [5, 5.41) is 7.92. The van der Waals surface area contributed by atoms with Gasteiger partial charge in [-0.3, -0.25) is 9.59 Å². The molecule has 0 atom stereocenters. The summed E-state index contributed by atoms with van der Waals surface area (Å²) in [4.78, 5) is 33.4. The summed E-state index contributed by atoms with van der Waals surface area (Å²) in [7, 11) is 0. The maximum absolute atomic E-state index is 12.5. The Labute approximate surface area is 151 Å². The fourth-order valence-electron chi connectivity index (χ4n) is 2.20. The molecule has 2 N–H and O–H groups in total. The number of amides is 1. The average Bonchev–Trinajstić information content (AvgIpc) is 3.11. The van der Waals surface area contributed by atoms with Crippen molar-refractivity contribution in [2.24, 2.45) is 0 Å². The van der Waals surface area contributed by atoms with Gasteiger partial charge in [-0.15, -0.1) is 22.7 Å². The van der Waals surface area contributed by atoms with Gasteiger partial charge in [-0.05, 0) is 32.2 Å². The maximum Gasteiger partial charge on any atom is 0.260 e. The molecule has 0 saturated carbocycles. The van der Waals surface area contributed by atoms with E-state index in [0.717, 1.165) is 10.4 Å². The van der Waals surface area contributed by atoms with Gasteiger partial charge in [0.2, 0.25) is 5.91 Å². The number of nitrogens with zero attached hydrogens (tertiary/aromatic N) is 1. The van der Waals surface area contributed by atoms with Crippen LogP contribution in [0, 0.1) is 0 Å². The van der Waals surface area contributed by atoms with Crippen molar-refractivity contribution < 1.29 is 4.79 Å². The predicted octanol–water partition coefficient (Wildman–Crippen LogP) is 3.72. The number of thioether (sulfide) groups is 1. The predicted molar refractivity (Wildman–Crippen MR) is 102 cm³/mol. The van der Waals surface area contributed by atoms with Gasteiger partial charge in [0.25, 0.3) is 5.56 Å². The highest BCUT2D eigenvalue weighted by Crippen LogP contribution is 2.33. The molecule has 8 heteroatoms. The molecule has 3 aromatic heterocycles. The fourth-order valence-corrected chi connectivity index (χ4v) is 4.68. The van der Waals surface area contributed by atoms with Crippen LogP contribution in [0.1, 0.15) is 20.8 Å². The van der Waals surface area contributed by atoms with E-state index < -0.39 is 0 Å². The summed E-state index contributed by atoms with van der Waals surface area (Å²) in [5.41, 5.74) is 0.482. The van der Waals surface area contributed by atoms with Crippen LogP contribution in [0.3, 0.4) is 0 Å². The van der Waals surface area contributed by atoms with Crippen LogP contribution in [0.4, 0.5) is 0 Å². The second-order valence-corrected chi connectivity index (χ2v) is 9.03. The lowest BCUT2D eigenvalue weighted by Gasteiger charge is -2.20. The van der Waals surface area contributed by atoms with Crippen LogP contribution < -0.4 is 10.9 Å². The van der Waals surface area contributed by atoms with Gasteiger partial charge in [0.05, 0.1) is 11.1 Å².